The van der Waals surface area contributed by atoms with Crippen LogP contribution in [0.25, 0.3) is 0 Å². The minimum absolute atomic E-state index is 0.132. The molecule has 3 heteroatoms. The summed E-state index contributed by atoms with van der Waals surface area (Å²) in [6.07, 6.45) is 2.12. The van der Waals surface area contributed by atoms with Gasteiger partial charge in [0.05, 0.1) is 0 Å². The third-order valence-corrected chi connectivity index (χ3v) is 3.89. The average Bonchev–Trinajstić information content (AvgIpc) is 2.69. The number of hydrogen-bond donors (Lipinski definition) is 1. The van der Waals surface area contributed by atoms with Crippen LogP contribution >= 0.6 is 0 Å². The van der Waals surface area contributed by atoms with Crippen LogP contribution in [-0.4, -0.2) is 25.0 Å². The van der Waals surface area contributed by atoms with E-state index in [-0.39, 0.29) is 11.3 Å². The summed E-state index contributed by atoms with van der Waals surface area (Å²) < 4.78 is 0. The number of carbonyl (C=O) groups excluding carboxylic acids is 1. The Hall–Kier alpha value is -1.51. The van der Waals surface area contributed by atoms with E-state index in [0.717, 1.165) is 25.9 Å². The van der Waals surface area contributed by atoms with Gasteiger partial charge < -0.3 is 10.2 Å². The quantitative estimate of drug-likeness (QED) is 0.856. The van der Waals surface area contributed by atoms with Gasteiger partial charge in [-0.05, 0) is 31.4 Å². The standard InChI is InChI=1S/C17H26N2O/c1-13-12-14-8-5-6-9-15(14)19(13)11-7-10-18-16(20)17(2,3)4/h5-6,8-9,13H,7,10-12H2,1-4H3,(H,18,20)/t13-/m1/s1. The van der Waals surface area contributed by atoms with Gasteiger partial charge in [0.1, 0.15) is 0 Å². The van der Waals surface area contributed by atoms with Crippen molar-refractivity contribution in [2.75, 3.05) is 18.0 Å². The van der Waals surface area contributed by atoms with Crippen LogP contribution in [-0.2, 0) is 11.2 Å². The van der Waals surface area contributed by atoms with Gasteiger partial charge in [0, 0.05) is 30.2 Å². The van der Waals surface area contributed by atoms with Crippen LogP contribution in [0.5, 0.6) is 0 Å². The first kappa shape index (κ1) is 14.9. The molecular weight excluding hydrogens is 248 g/mol. The summed E-state index contributed by atoms with van der Waals surface area (Å²) in [5.74, 6) is 0.132. The number of rotatable bonds is 4. The maximum atomic E-state index is 11.8. The Morgan fingerprint density at radius 2 is 2.05 bits per heavy atom. The van der Waals surface area contributed by atoms with Gasteiger partial charge >= 0.3 is 0 Å². The van der Waals surface area contributed by atoms with Crippen molar-refractivity contribution in [3.05, 3.63) is 29.8 Å². The maximum Gasteiger partial charge on any atom is 0.225 e. The Labute approximate surface area is 122 Å². The summed E-state index contributed by atoms with van der Waals surface area (Å²) >= 11 is 0. The molecule has 0 spiro atoms. The number of fused-ring (bicyclic) bond motifs is 1. The summed E-state index contributed by atoms with van der Waals surface area (Å²) in [5.41, 5.74) is 2.51. The first-order chi connectivity index (χ1) is 9.39. The normalized spacial score (nSPS) is 18.0. The zero-order chi connectivity index (χ0) is 14.8. The molecule has 1 atom stereocenters. The summed E-state index contributed by atoms with van der Waals surface area (Å²) in [4.78, 5) is 14.3. The highest BCUT2D eigenvalue weighted by Crippen LogP contribution is 2.31. The number of nitrogens with one attached hydrogen (secondary N) is 1. The average molecular weight is 274 g/mol. The van der Waals surface area contributed by atoms with Crippen molar-refractivity contribution in [3.63, 3.8) is 0 Å². The Morgan fingerprint density at radius 1 is 1.35 bits per heavy atom. The smallest absolute Gasteiger partial charge is 0.225 e. The molecule has 2 rings (SSSR count). The minimum Gasteiger partial charge on any atom is -0.368 e. The molecule has 0 bridgehead atoms. The van der Waals surface area contributed by atoms with Gasteiger partial charge in [-0.2, -0.15) is 0 Å². The Morgan fingerprint density at radius 3 is 2.75 bits per heavy atom. The summed E-state index contributed by atoms with van der Waals surface area (Å²) in [6.45, 7) is 9.86. The van der Waals surface area contributed by atoms with Crippen LogP contribution < -0.4 is 10.2 Å². The van der Waals surface area contributed by atoms with Crippen molar-refractivity contribution in [2.45, 2.75) is 46.6 Å². The second-order valence-corrected chi connectivity index (χ2v) is 6.73. The number of hydrogen-bond acceptors (Lipinski definition) is 2. The molecule has 1 N–H and O–H groups in total. The van der Waals surface area contributed by atoms with E-state index in [4.69, 9.17) is 0 Å². The van der Waals surface area contributed by atoms with Crippen LogP contribution in [0.15, 0.2) is 24.3 Å². The van der Waals surface area contributed by atoms with E-state index >= 15 is 0 Å². The molecule has 1 aliphatic heterocycles. The number of nitrogens with zero attached hydrogens (tertiary/aromatic N) is 1. The lowest BCUT2D eigenvalue weighted by Gasteiger charge is -2.25. The van der Waals surface area contributed by atoms with Crippen LogP contribution in [0.4, 0.5) is 5.69 Å². The Balaban J connectivity index is 1.82. The fourth-order valence-electron chi connectivity index (χ4n) is 2.69. The summed E-state index contributed by atoms with van der Waals surface area (Å²) in [6, 6.07) is 9.19. The van der Waals surface area contributed by atoms with E-state index in [1.807, 2.05) is 20.8 Å². The lowest BCUT2D eigenvalue weighted by molar-refractivity contribution is -0.128. The summed E-state index contributed by atoms with van der Waals surface area (Å²) in [7, 11) is 0. The van der Waals surface area contributed by atoms with Gasteiger partial charge in [0.2, 0.25) is 5.91 Å². The SMILES string of the molecule is C[C@@H]1Cc2ccccc2N1CCCNC(=O)C(C)(C)C. The lowest BCUT2D eigenvalue weighted by Crippen LogP contribution is -2.37. The molecule has 0 saturated carbocycles. The van der Waals surface area contributed by atoms with Crippen molar-refractivity contribution in [1.29, 1.82) is 0 Å². The first-order valence-electron chi connectivity index (χ1n) is 7.52. The number of amides is 1. The van der Waals surface area contributed by atoms with E-state index in [9.17, 15) is 4.79 Å². The molecule has 0 fully saturated rings. The van der Waals surface area contributed by atoms with E-state index in [1.165, 1.54) is 11.3 Å². The molecule has 1 heterocycles. The maximum absolute atomic E-state index is 11.8. The highest BCUT2D eigenvalue weighted by molar-refractivity contribution is 5.81. The molecule has 0 aliphatic carbocycles. The van der Waals surface area contributed by atoms with Crippen LogP contribution in [0, 0.1) is 5.41 Å². The third-order valence-electron chi connectivity index (χ3n) is 3.89. The zero-order valence-electron chi connectivity index (χ0n) is 13.1. The number of benzene rings is 1. The third kappa shape index (κ3) is 3.33. The van der Waals surface area contributed by atoms with Gasteiger partial charge in [0.25, 0.3) is 0 Å². The highest BCUT2D eigenvalue weighted by Gasteiger charge is 2.25. The van der Waals surface area contributed by atoms with Gasteiger partial charge in [-0.1, -0.05) is 39.0 Å². The number of para-hydroxylation sites is 1. The second kappa shape index (κ2) is 5.86. The second-order valence-electron chi connectivity index (χ2n) is 6.73. The predicted octanol–water partition coefficient (Wildman–Crippen LogP) is 2.99. The molecule has 0 saturated heterocycles. The van der Waals surface area contributed by atoms with Crippen molar-refractivity contribution in [3.8, 4) is 0 Å². The molecule has 0 radical (unpaired) electrons. The predicted molar refractivity (Wildman–Crippen MR) is 84.0 cm³/mol. The van der Waals surface area contributed by atoms with Gasteiger partial charge in [0.15, 0.2) is 0 Å². The number of carbonyl (C=O) groups is 1. The van der Waals surface area contributed by atoms with Crippen LogP contribution in [0.3, 0.4) is 0 Å². The molecule has 1 aromatic rings. The fraction of sp³-hybridized carbons (Fsp3) is 0.588. The van der Waals surface area contributed by atoms with Crippen molar-refractivity contribution < 1.29 is 4.79 Å². The molecule has 0 unspecified atom stereocenters. The Bertz CT molecular complexity index is 476. The molecule has 20 heavy (non-hydrogen) atoms. The van der Waals surface area contributed by atoms with Gasteiger partial charge in [-0.25, -0.2) is 0 Å². The molecule has 0 aromatic heterocycles. The molecule has 1 amide bonds. The zero-order valence-corrected chi connectivity index (χ0v) is 13.1. The lowest BCUT2D eigenvalue weighted by atomic mass is 9.96. The van der Waals surface area contributed by atoms with E-state index in [1.54, 1.807) is 0 Å². The largest absolute Gasteiger partial charge is 0.368 e. The minimum atomic E-state index is -0.298. The molecule has 1 aliphatic rings. The highest BCUT2D eigenvalue weighted by atomic mass is 16.2. The van der Waals surface area contributed by atoms with Crippen molar-refractivity contribution >= 4 is 11.6 Å². The van der Waals surface area contributed by atoms with Crippen LogP contribution in [0.2, 0.25) is 0 Å². The Kier molecular flexibility index (Phi) is 4.36. The van der Waals surface area contributed by atoms with E-state index < -0.39 is 0 Å². The topological polar surface area (TPSA) is 32.3 Å². The first-order valence-corrected chi connectivity index (χ1v) is 7.52. The molecule has 3 nitrogen and oxygen atoms in total. The van der Waals surface area contributed by atoms with Crippen molar-refractivity contribution in [1.82, 2.24) is 5.32 Å². The molecule has 110 valence electrons. The number of anilines is 1. The van der Waals surface area contributed by atoms with Crippen LogP contribution in [0.1, 0.15) is 39.7 Å². The molecule has 1 aromatic carbocycles. The van der Waals surface area contributed by atoms with Gasteiger partial charge in [-0.3, -0.25) is 4.79 Å². The van der Waals surface area contributed by atoms with E-state index in [2.05, 4.69) is 41.4 Å². The summed E-state index contributed by atoms with van der Waals surface area (Å²) in [5, 5.41) is 3.02. The van der Waals surface area contributed by atoms with Gasteiger partial charge in [-0.15, -0.1) is 0 Å². The van der Waals surface area contributed by atoms with Crippen molar-refractivity contribution in [2.24, 2.45) is 5.41 Å². The monoisotopic (exact) mass is 274 g/mol. The molecular formula is C17H26N2O. The fourth-order valence-corrected chi connectivity index (χ4v) is 2.69. The van der Waals surface area contributed by atoms with E-state index in [0.29, 0.717) is 6.04 Å².